The number of ether oxygens (including phenoxy) is 1. The number of piperidine rings is 1. The normalized spacial score (nSPS) is 18.6. The summed E-state index contributed by atoms with van der Waals surface area (Å²) in [7, 11) is 1.65. The molecule has 0 spiro atoms. The molecule has 0 aliphatic carbocycles. The van der Waals surface area contributed by atoms with Gasteiger partial charge in [0.1, 0.15) is 5.69 Å². The average molecular weight is 295 g/mol. The van der Waals surface area contributed by atoms with Gasteiger partial charge in [-0.05, 0) is 25.8 Å². The van der Waals surface area contributed by atoms with Gasteiger partial charge in [0.05, 0.1) is 12.3 Å². The Hall–Kier alpha value is -2.02. The molecule has 2 amide bonds. The van der Waals surface area contributed by atoms with E-state index in [9.17, 15) is 9.59 Å². The highest BCUT2D eigenvalue weighted by Crippen LogP contribution is 2.20. The fraction of sp³-hybridized carbons (Fsp3) is 0.571. The molecule has 1 saturated heterocycles. The van der Waals surface area contributed by atoms with Gasteiger partial charge in [-0.25, -0.2) is 9.59 Å². The first-order valence-electron chi connectivity index (χ1n) is 6.99. The zero-order valence-corrected chi connectivity index (χ0v) is 12.3. The van der Waals surface area contributed by atoms with E-state index < -0.39 is 5.97 Å². The van der Waals surface area contributed by atoms with Gasteiger partial charge in [0.25, 0.3) is 0 Å². The lowest BCUT2D eigenvalue weighted by Crippen LogP contribution is -2.43. The predicted molar refractivity (Wildman–Crippen MR) is 77.7 cm³/mol. The number of rotatable bonds is 4. The van der Waals surface area contributed by atoms with E-state index in [1.165, 1.54) is 0 Å². The van der Waals surface area contributed by atoms with E-state index in [1.807, 2.05) is 0 Å². The molecule has 1 aliphatic rings. The molecule has 21 heavy (non-hydrogen) atoms. The number of methoxy groups -OCH3 is 1. The number of hydrogen-bond donors (Lipinski definition) is 3. The van der Waals surface area contributed by atoms with Crippen LogP contribution >= 0.6 is 0 Å². The number of aromatic carboxylic acids is 1. The number of hydrogen-bond acceptors (Lipinski definition) is 3. The van der Waals surface area contributed by atoms with Crippen LogP contribution in [0.1, 0.15) is 29.0 Å². The SMILES string of the molecule is COCC1CCCN(C(=O)Nc2cc(C)[nH]c2C(=O)O)C1. The Morgan fingerprint density at radius 3 is 3.00 bits per heavy atom. The first-order valence-corrected chi connectivity index (χ1v) is 6.99. The number of likely N-dealkylation sites (tertiary alicyclic amines) is 1. The Balaban J connectivity index is 2.02. The second-order valence-electron chi connectivity index (χ2n) is 5.39. The van der Waals surface area contributed by atoms with Crippen molar-refractivity contribution in [2.45, 2.75) is 19.8 Å². The van der Waals surface area contributed by atoms with Gasteiger partial charge in [0.15, 0.2) is 0 Å². The summed E-state index contributed by atoms with van der Waals surface area (Å²) in [5, 5.41) is 11.8. The third kappa shape index (κ3) is 3.75. The number of urea groups is 1. The van der Waals surface area contributed by atoms with Crippen LogP contribution in [0.4, 0.5) is 10.5 Å². The molecule has 7 heteroatoms. The van der Waals surface area contributed by atoms with Crippen LogP contribution in [0.25, 0.3) is 0 Å². The van der Waals surface area contributed by atoms with Crippen LogP contribution in [-0.2, 0) is 4.74 Å². The molecular weight excluding hydrogens is 274 g/mol. The van der Waals surface area contributed by atoms with Gasteiger partial charge < -0.3 is 25.0 Å². The van der Waals surface area contributed by atoms with E-state index >= 15 is 0 Å². The molecule has 1 aromatic rings. The molecule has 1 atom stereocenters. The second-order valence-corrected chi connectivity index (χ2v) is 5.39. The Kier molecular flexibility index (Phi) is 4.85. The summed E-state index contributed by atoms with van der Waals surface area (Å²) >= 11 is 0. The summed E-state index contributed by atoms with van der Waals surface area (Å²) in [4.78, 5) is 27.8. The van der Waals surface area contributed by atoms with Crippen LogP contribution < -0.4 is 5.32 Å². The first kappa shape index (κ1) is 15.4. The Morgan fingerprint density at radius 1 is 1.57 bits per heavy atom. The lowest BCUT2D eigenvalue weighted by atomic mass is 9.99. The van der Waals surface area contributed by atoms with Crippen molar-refractivity contribution in [3.05, 3.63) is 17.5 Å². The van der Waals surface area contributed by atoms with E-state index in [0.717, 1.165) is 12.8 Å². The summed E-state index contributed by atoms with van der Waals surface area (Å²) in [6, 6.07) is 1.36. The standard InChI is InChI=1S/C14H21N3O4/c1-9-6-11(12(15-9)13(18)19)16-14(20)17-5-3-4-10(7-17)8-21-2/h6,10,15H,3-5,7-8H2,1-2H3,(H,16,20)(H,18,19). The maximum absolute atomic E-state index is 12.3. The molecule has 1 aromatic heterocycles. The van der Waals surface area contributed by atoms with Crippen molar-refractivity contribution in [1.29, 1.82) is 0 Å². The molecule has 0 saturated carbocycles. The van der Waals surface area contributed by atoms with Crippen molar-refractivity contribution in [3.8, 4) is 0 Å². The van der Waals surface area contributed by atoms with Crippen LogP contribution in [0.2, 0.25) is 0 Å². The van der Waals surface area contributed by atoms with Crippen molar-refractivity contribution in [2.24, 2.45) is 5.92 Å². The second kappa shape index (κ2) is 6.62. The lowest BCUT2D eigenvalue weighted by molar-refractivity contribution is 0.0692. The quantitative estimate of drug-likeness (QED) is 0.790. The maximum atomic E-state index is 12.3. The zero-order valence-electron chi connectivity index (χ0n) is 12.3. The summed E-state index contributed by atoms with van der Waals surface area (Å²) in [5.41, 5.74) is 1.00. The summed E-state index contributed by atoms with van der Waals surface area (Å²) in [6.45, 7) is 3.69. The zero-order chi connectivity index (χ0) is 15.4. The van der Waals surface area contributed by atoms with Crippen molar-refractivity contribution >= 4 is 17.7 Å². The molecular formula is C14H21N3O4. The van der Waals surface area contributed by atoms with E-state index in [0.29, 0.717) is 37.0 Å². The number of amides is 2. The number of aromatic nitrogens is 1. The summed E-state index contributed by atoms with van der Waals surface area (Å²) in [5.74, 6) is -0.754. The molecule has 2 rings (SSSR count). The van der Waals surface area contributed by atoms with Gasteiger partial charge in [-0.15, -0.1) is 0 Å². The number of aryl methyl sites for hydroxylation is 1. The number of nitrogens with zero attached hydrogens (tertiary/aromatic N) is 1. The van der Waals surface area contributed by atoms with Crippen LogP contribution in [0.5, 0.6) is 0 Å². The van der Waals surface area contributed by atoms with E-state index in [-0.39, 0.29) is 11.7 Å². The van der Waals surface area contributed by atoms with Gasteiger partial charge in [-0.3, -0.25) is 0 Å². The fourth-order valence-corrected chi connectivity index (χ4v) is 2.67. The molecule has 0 radical (unpaired) electrons. The minimum Gasteiger partial charge on any atom is -0.477 e. The number of carboxylic acids is 1. The van der Waals surface area contributed by atoms with Crippen molar-refractivity contribution in [2.75, 3.05) is 32.1 Å². The number of nitrogens with one attached hydrogen (secondary N) is 2. The smallest absolute Gasteiger partial charge is 0.354 e. The Bertz CT molecular complexity index is 524. The molecule has 0 aromatic carbocycles. The third-order valence-corrected chi connectivity index (χ3v) is 3.62. The molecule has 7 nitrogen and oxygen atoms in total. The van der Waals surface area contributed by atoms with E-state index in [4.69, 9.17) is 9.84 Å². The topological polar surface area (TPSA) is 94.7 Å². The van der Waals surface area contributed by atoms with Crippen molar-refractivity contribution in [1.82, 2.24) is 9.88 Å². The van der Waals surface area contributed by atoms with Gasteiger partial charge in [-0.1, -0.05) is 0 Å². The van der Waals surface area contributed by atoms with Gasteiger partial charge >= 0.3 is 12.0 Å². The molecule has 1 fully saturated rings. The van der Waals surface area contributed by atoms with Gasteiger partial charge in [0.2, 0.25) is 0 Å². The predicted octanol–water partition coefficient (Wildman–Crippen LogP) is 1.91. The monoisotopic (exact) mass is 295 g/mol. The number of carbonyl (C=O) groups excluding carboxylic acids is 1. The number of anilines is 1. The van der Waals surface area contributed by atoms with Crippen molar-refractivity contribution < 1.29 is 19.4 Å². The average Bonchev–Trinajstić information content (AvgIpc) is 2.80. The molecule has 1 unspecified atom stereocenters. The minimum atomic E-state index is -1.09. The lowest BCUT2D eigenvalue weighted by Gasteiger charge is -2.32. The third-order valence-electron chi connectivity index (χ3n) is 3.62. The van der Waals surface area contributed by atoms with Crippen LogP contribution in [0.3, 0.4) is 0 Å². The number of carbonyl (C=O) groups is 2. The van der Waals surface area contributed by atoms with Crippen LogP contribution in [0.15, 0.2) is 6.07 Å². The number of H-pyrrole nitrogens is 1. The molecule has 1 aliphatic heterocycles. The molecule has 116 valence electrons. The summed E-state index contributed by atoms with van der Waals surface area (Å²) < 4.78 is 5.14. The molecule has 3 N–H and O–H groups in total. The minimum absolute atomic E-state index is 0.00583. The highest BCUT2D eigenvalue weighted by Gasteiger charge is 2.25. The van der Waals surface area contributed by atoms with Gasteiger partial charge in [-0.2, -0.15) is 0 Å². The van der Waals surface area contributed by atoms with Crippen LogP contribution in [-0.4, -0.2) is 53.8 Å². The van der Waals surface area contributed by atoms with Gasteiger partial charge in [0, 0.05) is 31.8 Å². The van der Waals surface area contributed by atoms with E-state index in [1.54, 1.807) is 25.0 Å². The molecule has 2 heterocycles. The highest BCUT2D eigenvalue weighted by atomic mass is 16.5. The maximum Gasteiger partial charge on any atom is 0.354 e. The summed E-state index contributed by atoms with van der Waals surface area (Å²) in [6.07, 6.45) is 1.97. The highest BCUT2D eigenvalue weighted by molar-refractivity contribution is 5.99. The van der Waals surface area contributed by atoms with Crippen LogP contribution in [0, 0.1) is 12.8 Å². The number of carboxylic acid groups (broad SMARTS) is 1. The van der Waals surface area contributed by atoms with E-state index in [2.05, 4.69) is 10.3 Å². The molecule has 0 bridgehead atoms. The Labute approximate surface area is 123 Å². The largest absolute Gasteiger partial charge is 0.477 e. The number of aromatic amines is 1. The fourth-order valence-electron chi connectivity index (χ4n) is 2.67. The van der Waals surface area contributed by atoms with Crippen molar-refractivity contribution in [3.63, 3.8) is 0 Å². The first-order chi connectivity index (χ1) is 10.0. The Morgan fingerprint density at radius 2 is 2.33 bits per heavy atom.